The Morgan fingerprint density at radius 3 is 2.14 bits per heavy atom. The van der Waals surface area contributed by atoms with Crippen LogP contribution in [0.1, 0.15) is 82.9 Å². The van der Waals surface area contributed by atoms with Crippen LogP contribution in [0.25, 0.3) is 11.3 Å². The van der Waals surface area contributed by atoms with Crippen LogP contribution < -0.4 is 10.1 Å². The van der Waals surface area contributed by atoms with Crippen molar-refractivity contribution >= 4 is 23.4 Å². The van der Waals surface area contributed by atoms with Gasteiger partial charge in [-0.25, -0.2) is 0 Å². The van der Waals surface area contributed by atoms with Crippen molar-refractivity contribution in [2.45, 2.75) is 47.1 Å². The number of hydrogen-bond acceptors (Lipinski definition) is 5. The number of benzene rings is 2. The Kier molecular flexibility index (Phi) is 7.20. The second kappa shape index (κ2) is 10.3. The third-order valence-electron chi connectivity index (χ3n) is 6.16. The van der Waals surface area contributed by atoms with Gasteiger partial charge in [0.15, 0.2) is 11.5 Å². The van der Waals surface area contributed by atoms with Gasteiger partial charge in [-0.05, 0) is 18.4 Å². The van der Waals surface area contributed by atoms with E-state index in [2.05, 4.69) is 5.32 Å². The minimum atomic E-state index is -0.618. The summed E-state index contributed by atoms with van der Waals surface area (Å²) in [6.07, 6.45) is 1.56. The summed E-state index contributed by atoms with van der Waals surface area (Å²) in [5.41, 5.74) is 2.09. The van der Waals surface area contributed by atoms with Crippen molar-refractivity contribution in [3.8, 4) is 17.0 Å². The molecule has 1 aromatic heterocycles. The van der Waals surface area contributed by atoms with E-state index in [4.69, 9.17) is 4.74 Å². The number of ketones is 2. The van der Waals surface area contributed by atoms with E-state index >= 15 is 0 Å². The van der Waals surface area contributed by atoms with Crippen molar-refractivity contribution in [1.29, 1.82) is 0 Å². The molecule has 3 aromatic rings. The summed E-state index contributed by atoms with van der Waals surface area (Å²) in [4.78, 5) is 52.8. The molecule has 1 heterocycles. The zero-order chi connectivity index (χ0) is 26.0. The maximum Gasteiger partial charge on any atom is 0.308 e. The van der Waals surface area contributed by atoms with E-state index < -0.39 is 5.97 Å². The number of carbonyl (C=O) groups is 4. The van der Waals surface area contributed by atoms with Crippen molar-refractivity contribution in [3.63, 3.8) is 0 Å². The van der Waals surface area contributed by atoms with Gasteiger partial charge in [-0.2, -0.15) is 0 Å². The summed E-state index contributed by atoms with van der Waals surface area (Å²) >= 11 is 0. The number of amides is 1. The summed E-state index contributed by atoms with van der Waals surface area (Å²) in [6.45, 7) is 8.19. The first-order valence-electron chi connectivity index (χ1n) is 12.3. The number of esters is 1. The predicted octanol–water partition coefficient (Wildman–Crippen LogP) is 5.04. The number of carbonyl (C=O) groups excluding carboxylic acids is 4. The molecule has 0 saturated heterocycles. The first-order valence-corrected chi connectivity index (χ1v) is 12.3. The van der Waals surface area contributed by atoms with Crippen LogP contribution in [0.4, 0.5) is 0 Å². The molecule has 1 aliphatic rings. The SMILES string of the molecule is CCCCn1c2c(c(OC(C)=O)c1-c1ccccc1C(=O)NCC(C)C)C(=O)c1ccccc1C2=O. The lowest BCUT2D eigenvalue weighted by Gasteiger charge is -2.18. The van der Waals surface area contributed by atoms with Gasteiger partial charge in [-0.15, -0.1) is 0 Å². The third-order valence-corrected chi connectivity index (χ3v) is 6.16. The molecule has 36 heavy (non-hydrogen) atoms. The number of nitrogens with zero attached hydrogens (tertiary/aromatic N) is 1. The second-order valence-electron chi connectivity index (χ2n) is 9.35. The van der Waals surface area contributed by atoms with Crippen molar-refractivity contribution in [1.82, 2.24) is 9.88 Å². The zero-order valence-corrected chi connectivity index (χ0v) is 21.0. The minimum Gasteiger partial charge on any atom is -0.424 e. The van der Waals surface area contributed by atoms with Gasteiger partial charge >= 0.3 is 5.97 Å². The lowest BCUT2D eigenvalue weighted by Crippen LogP contribution is -2.28. The summed E-state index contributed by atoms with van der Waals surface area (Å²) in [5, 5.41) is 2.94. The Morgan fingerprint density at radius 1 is 0.917 bits per heavy atom. The maximum atomic E-state index is 13.7. The van der Waals surface area contributed by atoms with Crippen LogP contribution in [0.3, 0.4) is 0 Å². The highest BCUT2D eigenvalue weighted by Gasteiger charge is 2.40. The number of nitrogens with one attached hydrogen (secondary N) is 1. The Bertz CT molecular complexity index is 1370. The molecule has 0 aliphatic heterocycles. The van der Waals surface area contributed by atoms with Crippen molar-refractivity contribution in [3.05, 3.63) is 76.5 Å². The van der Waals surface area contributed by atoms with Crippen molar-refractivity contribution in [2.75, 3.05) is 6.54 Å². The van der Waals surface area contributed by atoms with Gasteiger partial charge in [0.05, 0.1) is 11.3 Å². The average molecular weight is 487 g/mol. The van der Waals surface area contributed by atoms with E-state index in [1.807, 2.05) is 20.8 Å². The fraction of sp³-hybridized carbons (Fsp3) is 0.310. The number of rotatable bonds is 8. The standard InChI is InChI=1S/C29H30N2O5/c1-5-6-15-31-24(19-11-7-10-14-22(19)29(35)30-16-17(2)3)28(36-18(4)32)23-25(31)27(34)21-13-9-8-12-20(21)26(23)33/h7-14,17H,5-6,15-16H2,1-4H3,(H,30,35). The molecule has 0 saturated carbocycles. The lowest BCUT2D eigenvalue weighted by molar-refractivity contribution is -0.131. The normalized spacial score (nSPS) is 12.4. The zero-order valence-electron chi connectivity index (χ0n) is 21.0. The van der Waals surface area contributed by atoms with Crippen LogP contribution in [-0.2, 0) is 11.3 Å². The molecule has 0 unspecified atom stereocenters. The molecule has 0 atom stereocenters. The first-order chi connectivity index (χ1) is 17.3. The second-order valence-corrected chi connectivity index (χ2v) is 9.35. The predicted molar refractivity (Wildman–Crippen MR) is 137 cm³/mol. The van der Waals surface area contributed by atoms with Gasteiger partial charge < -0.3 is 14.6 Å². The minimum absolute atomic E-state index is 0.0190. The smallest absolute Gasteiger partial charge is 0.308 e. The summed E-state index contributed by atoms with van der Waals surface area (Å²) in [7, 11) is 0. The third kappa shape index (κ3) is 4.49. The van der Waals surface area contributed by atoms with Crippen LogP contribution in [0, 0.1) is 5.92 Å². The number of aromatic nitrogens is 1. The van der Waals surface area contributed by atoms with Gasteiger partial charge in [-0.1, -0.05) is 69.7 Å². The topological polar surface area (TPSA) is 94.5 Å². The molecule has 1 amide bonds. The van der Waals surface area contributed by atoms with E-state index in [0.717, 1.165) is 12.8 Å². The highest BCUT2D eigenvalue weighted by atomic mass is 16.5. The molecule has 7 heteroatoms. The van der Waals surface area contributed by atoms with Gasteiger partial charge in [0.2, 0.25) is 5.78 Å². The van der Waals surface area contributed by atoms with Crippen LogP contribution >= 0.6 is 0 Å². The Labute approximate surface area is 210 Å². The number of fused-ring (bicyclic) bond motifs is 2. The highest BCUT2D eigenvalue weighted by molar-refractivity contribution is 6.30. The molecule has 0 fully saturated rings. The molecule has 186 valence electrons. The molecule has 0 bridgehead atoms. The number of ether oxygens (including phenoxy) is 1. The summed E-state index contributed by atoms with van der Waals surface area (Å²) in [6, 6.07) is 13.6. The van der Waals surface area contributed by atoms with E-state index in [1.54, 1.807) is 53.1 Å². The average Bonchev–Trinajstić information content (AvgIpc) is 3.17. The lowest BCUT2D eigenvalue weighted by atomic mass is 9.87. The molecule has 1 aliphatic carbocycles. The van der Waals surface area contributed by atoms with Crippen molar-refractivity contribution < 1.29 is 23.9 Å². The molecule has 4 rings (SSSR count). The summed E-state index contributed by atoms with van der Waals surface area (Å²) < 4.78 is 7.41. The molecule has 7 nitrogen and oxygen atoms in total. The molecule has 0 radical (unpaired) electrons. The Balaban J connectivity index is 2.03. The van der Waals surface area contributed by atoms with E-state index in [0.29, 0.717) is 35.5 Å². The highest BCUT2D eigenvalue weighted by Crippen LogP contribution is 2.44. The van der Waals surface area contributed by atoms with Crippen LogP contribution in [0.5, 0.6) is 5.75 Å². The van der Waals surface area contributed by atoms with Crippen molar-refractivity contribution in [2.24, 2.45) is 5.92 Å². The maximum absolute atomic E-state index is 13.7. The fourth-order valence-corrected chi connectivity index (χ4v) is 4.51. The monoisotopic (exact) mass is 486 g/mol. The molecular formula is C29H30N2O5. The Morgan fingerprint density at radius 2 is 1.53 bits per heavy atom. The molecule has 0 spiro atoms. The van der Waals surface area contributed by atoms with Gasteiger partial charge in [0, 0.05) is 42.3 Å². The Hall–Kier alpha value is -4.00. The molecular weight excluding hydrogens is 456 g/mol. The fourth-order valence-electron chi connectivity index (χ4n) is 4.51. The number of unbranched alkanes of at least 4 members (excludes halogenated alkanes) is 1. The molecule has 1 N–H and O–H groups in total. The molecule has 2 aromatic carbocycles. The van der Waals surface area contributed by atoms with Crippen LogP contribution in [-0.4, -0.2) is 34.6 Å². The van der Waals surface area contributed by atoms with E-state index in [1.165, 1.54) is 6.92 Å². The quantitative estimate of drug-likeness (QED) is 0.352. The first kappa shape index (κ1) is 25.1. The van der Waals surface area contributed by atoms with E-state index in [9.17, 15) is 19.2 Å². The largest absolute Gasteiger partial charge is 0.424 e. The van der Waals surface area contributed by atoms with Crippen LogP contribution in [0.15, 0.2) is 48.5 Å². The van der Waals surface area contributed by atoms with Gasteiger partial charge in [0.1, 0.15) is 5.69 Å². The van der Waals surface area contributed by atoms with E-state index in [-0.39, 0.29) is 46.0 Å². The van der Waals surface area contributed by atoms with Gasteiger partial charge in [-0.3, -0.25) is 19.2 Å². The number of hydrogen-bond donors (Lipinski definition) is 1. The van der Waals surface area contributed by atoms with Gasteiger partial charge in [0.25, 0.3) is 5.91 Å². The van der Waals surface area contributed by atoms with Crippen LogP contribution in [0.2, 0.25) is 0 Å². The summed E-state index contributed by atoms with van der Waals surface area (Å²) in [5.74, 6) is -1.31.